The molecule has 0 aromatic heterocycles. The zero-order valence-electron chi connectivity index (χ0n) is 24.1. The molecule has 0 radical (unpaired) electrons. The van der Waals surface area contributed by atoms with Gasteiger partial charge in [-0.15, -0.1) is 0 Å². The minimum Gasteiger partial charge on any atom is -0.493 e. The van der Waals surface area contributed by atoms with Gasteiger partial charge >= 0.3 is 11.9 Å². The van der Waals surface area contributed by atoms with E-state index in [2.05, 4.69) is 4.74 Å². The van der Waals surface area contributed by atoms with Gasteiger partial charge in [-0.05, 0) is 30.0 Å². The van der Waals surface area contributed by atoms with E-state index in [1.54, 1.807) is 18.1 Å². The van der Waals surface area contributed by atoms with Crippen molar-refractivity contribution >= 4 is 23.5 Å². The number of nitrogens with zero attached hydrogens (tertiary/aromatic N) is 1. The molecule has 2 aliphatic heterocycles. The number of para-hydroxylation sites is 1. The average Bonchev–Trinajstić information content (AvgIpc) is 3.03. The fraction of sp³-hybridized carbons (Fsp3) is 0.500. The molecule has 0 N–H and O–H groups in total. The second-order valence-corrected chi connectivity index (χ2v) is 10.9. The van der Waals surface area contributed by atoms with Crippen LogP contribution in [0.4, 0.5) is 5.69 Å². The van der Waals surface area contributed by atoms with E-state index in [1.807, 2.05) is 52.0 Å². The summed E-state index contributed by atoms with van der Waals surface area (Å²) in [6, 6.07) is 8.97. The van der Waals surface area contributed by atoms with Gasteiger partial charge in [0.05, 0.1) is 45.9 Å². The van der Waals surface area contributed by atoms with Crippen molar-refractivity contribution in [1.82, 2.24) is 0 Å². The van der Waals surface area contributed by atoms with Crippen molar-refractivity contribution in [3.05, 3.63) is 47.0 Å². The number of rotatable bonds is 8. The van der Waals surface area contributed by atoms with Crippen LogP contribution in [0, 0.1) is 12.3 Å². The van der Waals surface area contributed by atoms with Gasteiger partial charge in [-0.3, -0.25) is 19.3 Å². The summed E-state index contributed by atoms with van der Waals surface area (Å²) in [5.41, 5.74) is 2.52. The quantitative estimate of drug-likeness (QED) is 0.444. The molecule has 0 aliphatic carbocycles. The number of benzene rings is 2. The van der Waals surface area contributed by atoms with Crippen LogP contribution >= 0.6 is 0 Å². The van der Waals surface area contributed by atoms with Crippen molar-refractivity contribution < 1.29 is 42.8 Å². The van der Waals surface area contributed by atoms with Gasteiger partial charge in [0.1, 0.15) is 31.2 Å². The number of carbonyl (C=O) groups excluding carboxylic acids is 3. The average molecular weight is 556 g/mol. The Morgan fingerprint density at radius 3 is 2.45 bits per heavy atom. The van der Waals surface area contributed by atoms with Crippen LogP contribution in [0.15, 0.2) is 30.3 Å². The highest BCUT2D eigenvalue weighted by atomic mass is 16.6. The lowest BCUT2D eigenvalue weighted by Crippen LogP contribution is -2.56. The van der Waals surface area contributed by atoms with Crippen molar-refractivity contribution in [3.63, 3.8) is 0 Å². The van der Waals surface area contributed by atoms with Crippen LogP contribution in [0.5, 0.6) is 17.2 Å². The molecule has 0 spiro atoms. The van der Waals surface area contributed by atoms with Gasteiger partial charge in [0.15, 0.2) is 11.5 Å². The maximum Gasteiger partial charge on any atom is 0.308 e. The third kappa shape index (κ3) is 5.72. The van der Waals surface area contributed by atoms with Crippen LogP contribution in [0.2, 0.25) is 0 Å². The first kappa shape index (κ1) is 29.2. The maximum absolute atomic E-state index is 14.3. The highest BCUT2D eigenvalue weighted by Gasteiger charge is 2.48. The number of hydrogen-bond acceptors (Lipinski definition) is 9. The molecule has 40 heavy (non-hydrogen) atoms. The van der Waals surface area contributed by atoms with Crippen molar-refractivity contribution in [3.8, 4) is 17.2 Å². The third-order valence-electron chi connectivity index (χ3n) is 7.16. The second-order valence-electron chi connectivity index (χ2n) is 10.9. The Balaban J connectivity index is 1.85. The first-order chi connectivity index (χ1) is 19.0. The fourth-order valence-corrected chi connectivity index (χ4v) is 5.15. The van der Waals surface area contributed by atoms with Crippen molar-refractivity contribution in [1.29, 1.82) is 0 Å². The molecule has 0 saturated heterocycles. The Morgan fingerprint density at radius 1 is 1.05 bits per heavy atom. The molecule has 2 aromatic carbocycles. The van der Waals surface area contributed by atoms with E-state index in [1.165, 1.54) is 14.2 Å². The van der Waals surface area contributed by atoms with E-state index >= 15 is 0 Å². The molecule has 216 valence electrons. The summed E-state index contributed by atoms with van der Waals surface area (Å²) >= 11 is 0. The molecule has 10 heteroatoms. The van der Waals surface area contributed by atoms with E-state index < -0.39 is 24.1 Å². The molecule has 0 saturated carbocycles. The van der Waals surface area contributed by atoms with Gasteiger partial charge in [-0.25, -0.2) is 0 Å². The SMILES string of the molecule is COC(=O)CCOC(=O)C[C@@H]1O[C@@H](c2cccc(OC)c2OC)c2cc(C)cc3c2N(C1=O)[C@@H](C(C)(C)C)CO3. The summed E-state index contributed by atoms with van der Waals surface area (Å²) in [7, 11) is 4.34. The molecular formula is C30H37NO9. The topological polar surface area (TPSA) is 110 Å². The number of ether oxygens (including phenoxy) is 6. The van der Waals surface area contributed by atoms with Crippen LogP contribution in [-0.2, 0) is 28.6 Å². The zero-order valence-corrected chi connectivity index (χ0v) is 24.1. The zero-order chi connectivity index (χ0) is 29.2. The predicted octanol–water partition coefficient (Wildman–Crippen LogP) is 4.14. The van der Waals surface area contributed by atoms with Crippen LogP contribution in [0.3, 0.4) is 0 Å². The number of anilines is 1. The largest absolute Gasteiger partial charge is 0.493 e. The molecule has 0 unspecified atom stereocenters. The molecule has 0 fully saturated rings. The van der Waals surface area contributed by atoms with E-state index in [4.69, 9.17) is 23.7 Å². The highest BCUT2D eigenvalue weighted by Crippen LogP contribution is 2.51. The Kier molecular flexibility index (Phi) is 8.58. The normalized spacial score (nSPS) is 20.1. The number of aryl methyl sites for hydroxylation is 1. The maximum atomic E-state index is 14.3. The van der Waals surface area contributed by atoms with Gasteiger partial charge in [0, 0.05) is 11.1 Å². The van der Waals surface area contributed by atoms with Crippen LogP contribution in [0.1, 0.15) is 56.4 Å². The first-order valence-corrected chi connectivity index (χ1v) is 13.2. The number of carbonyl (C=O) groups is 3. The van der Waals surface area contributed by atoms with Crippen LogP contribution < -0.4 is 19.1 Å². The standard InChI is InChI=1S/C30H37NO9/c1-17-13-19-26-21(14-17)39-16-23(30(2,3)4)31(26)29(34)22(15-25(33)38-12-11-24(32)36-6)40-27(19)18-9-8-10-20(35-5)28(18)37-7/h8-10,13-14,22-23,27H,11-12,15-16H2,1-7H3/t22-,23+,27-/m0/s1. The monoisotopic (exact) mass is 555 g/mol. The summed E-state index contributed by atoms with van der Waals surface area (Å²) in [6.45, 7) is 8.19. The lowest BCUT2D eigenvalue weighted by Gasteiger charge is -2.44. The number of methoxy groups -OCH3 is 3. The molecule has 2 aliphatic rings. The first-order valence-electron chi connectivity index (χ1n) is 13.2. The van der Waals surface area contributed by atoms with Gasteiger partial charge in [0.2, 0.25) is 0 Å². The molecule has 2 heterocycles. The molecule has 3 atom stereocenters. The van der Waals surface area contributed by atoms with Crippen molar-refractivity contribution in [2.75, 3.05) is 39.4 Å². The van der Waals surface area contributed by atoms with Gasteiger partial charge < -0.3 is 28.4 Å². The predicted molar refractivity (Wildman–Crippen MR) is 146 cm³/mol. The molecule has 10 nitrogen and oxygen atoms in total. The van der Waals surface area contributed by atoms with Crippen molar-refractivity contribution in [2.24, 2.45) is 5.41 Å². The third-order valence-corrected chi connectivity index (χ3v) is 7.16. The van der Waals surface area contributed by atoms with E-state index in [9.17, 15) is 14.4 Å². The minimum absolute atomic E-state index is 0.0883. The van der Waals surface area contributed by atoms with Gasteiger partial charge in [-0.1, -0.05) is 39.0 Å². The smallest absolute Gasteiger partial charge is 0.308 e. The Labute approximate surface area is 234 Å². The second kappa shape index (κ2) is 11.8. The minimum atomic E-state index is -1.19. The van der Waals surface area contributed by atoms with E-state index in [0.29, 0.717) is 34.1 Å². The molecule has 1 amide bonds. The Hall–Kier alpha value is -3.79. The summed E-state index contributed by atoms with van der Waals surface area (Å²) in [5.74, 6) is -0.0136. The highest BCUT2D eigenvalue weighted by molar-refractivity contribution is 6.02. The fourth-order valence-electron chi connectivity index (χ4n) is 5.15. The summed E-state index contributed by atoms with van der Waals surface area (Å²) in [4.78, 5) is 40.4. The van der Waals surface area contributed by atoms with E-state index in [0.717, 1.165) is 5.56 Å². The number of hydrogen-bond donors (Lipinski definition) is 0. The van der Waals surface area contributed by atoms with Crippen molar-refractivity contribution in [2.45, 2.75) is 58.8 Å². The number of amides is 1. The van der Waals surface area contributed by atoms with Gasteiger partial charge in [0.25, 0.3) is 5.91 Å². The lowest BCUT2D eigenvalue weighted by atomic mass is 9.84. The van der Waals surface area contributed by atoms with Gasteiger partial charge in [-0.2, -0.15) is 0 Å². The molecule has 4 rings (SSSR count). The molecule has 2 aromatic rings. The van der Waals surface area contributed by atoms with E-state index in [-0.39, 0.29) is 43.4 Å². The molecular weight excluding hydrogens is 518 g/mol. The Morgan fingerprint density at radius 2 is 1.80 bits per heavy atom. The summed E-state index contributed by atoms with van der Waals surface area (Å²) in [5, 5.41) is 0. The summed E-state index contributed by atoms with van der Waals surface area (Å²) < 4.78 is 33.9. The molecule has 0 bridgehead atoms. The van der Waals surface area contributed by atoms with Crippen LogP contribution in [-0.4, -0.2) is 64.5 Å². The summed E-state index contributed by atoms with van der Waals surface area (Å²) in [6.07, 6.45) is -2.42. The lowest BCUT2D eigenvalue weighted by molar-refractivity contribution is -0.154. The number of esters is 2. The van der Waals surface area contributed by atoms with Crippen LogP contribution in [0.25, 0.3) is 0 Å². The Bertz CT molecular complexity index is 1280.